The van der Waals surface area contributed by atoms with Crippen LogP contribution in [0.4, 0.5) is 4.79 Å². The first-order valence-electron chi connectivity index (χ1n) is 11.5. The highest BCUT2D eigenvalue weighted by Crippen LogP contribution is 2.22. The normalized spacial score (nSPS) is 25.1. The molecule has 2 fully saturated rings. The molecule has 2 atom stereocenters. The fraction of sp³-hybridized carbons (Fsp3) is 0.773. The molecule has 0 saturated carbocycles. The van der Waals surface area contributed by atoms with Crippen molar-refractivity contribution < 1.29 is 14.3 Å². The van der Waals surface area contributed by atoms with Crippen LogP contribution in [0.15, 0.2) is 6.20 Å². The minimum absolute atomic E-state index is 0.0170. The maximum Gasteiger partial charge on any atom is 0.317 e. The minimum Gasteiger partial charge on any atom is -0.372 e. The van der Waals surface area contributed by atoms with E-state index in [9.17, 15) is 9.59 Å². The zero-order valence-electron chi connectivity index (χ0n) is 18.3. The lowest BCUT2D eigenvalue weighted by Crippen LogP contribution is -2.52. The molecule has 2 saturated heterocycles. The molecule has 0 spiro atoms. The summed E-state index contributed by atoms with van der Waals surface area (Å²) in [5.41, 5.74) is 1.06. The molecule has 0 radical (unpaired) electrons. The molecule has 166 valence electrons. The lowest BCUT2D eigenvalue weighted by molar-refractivity contribution is -0.148. The van der Waals surface area contributed by atoms with Crippen molar-refractivity contribution in [1.29, 1.82) is 0 Å². The van der Waals surface area contributed by atoms with Gasteiger partial charge in [-0.05, 0) is 39.5 Å². The smallest absolute Gasteiger partial charge is 0.317 e. The zero-order valence-corrected chi connectivity index (χ0v) is 18.3. The van der Waals surface area contributed by atoms with Gasteiger partial charge >= 0.3 is 6.03 Å². The Bertz CT molecular complexity index is 722. The fourth-order valence-electron chi connectivity index (χ4n) is 4.95. The number of morpholine rings is 1. The standard InChI is InChI=1S/C22H35N5O3/c1-16-13-27(14-17(2)30-16)21(28)18-7-11-25(12-8-18)22(29)23-9-6-19-15-26-10-4-3-5-20(26)24-19/h15-18H,3-14H2,1-2H3,(H,23,29). The van der Waals surface area contributed by atoms with Gasteiger partial charge in [-0.15, -0.1) is 0 Å². The average Bonchev–Trinajstić information content (AvgIpc) is 3.15. The van der Waals surface area contributed by atoms with E-state index in [1.54, 1.807) is 0 Å². The van der Waals surface area contributed by atoms with Crippen molar-refractivity contribution in [3.63, 3.8) is 0 Å². The molecule has 1 aromatic rings. The molecule has 3 aliphatic heterocycles. The van der Waals surface area contributed by atoms with Crippen molar-refractivity contribution >= 4 is 11.9 Å². The quantitative estimate of drug-likeness (QED) is 0.810. The maximum absolute atomic E-state index is 12.9. The summed E-state index contributed by atoms with van der Waals surface area (Å²) in [6.45, 7) is 8.29. The number of imidazole rings is 1. The summed E-state index contributed by atoms with van der Waals surface area (Å²) in [6, 6.07) is -0.0292. The molecule has 0 aromatic carbocycles. The first-order chi connectivity index (χ1) is 14.5. The molecule has 8 nitrogen and oxygen atoms in total. The van der Waals surface area contributed by atoms with Crippen LogP contribution in [0.2, 0.25) is 0 Å². The van der Waals surface area contributed by atoms with E-state index in [1.165, 1.54) is 18.7 Å². The van der Waals surface area contributed by atoms with E-state index in [-0.39, 0.29) is 30.1 Å². The number of nitrogens with one attached hydrogen (secondary N) is 1. The highest BCUT2D eigenvalue weighted by Gasteiger charge is 2.33. The summed E-state index contributed by atoms with van der Waals surface area (Å²) in [4.78, 5) is 33.9. The Morgan fingerprint density at radius 3 is 2.53 bits per heavy atom. The van der Waals surface area contributed by atoms with E-state index in [0.29, 0.717) is 32.7 Å². The first kappa shape index (κ1) is 21.2. The fourth-order valence-corrected chi connectivity index (χ4v) is 4.95. The summed E-state index contributed by atoms with van der Waals surface area (Å²) in [6.07, 6.45) is 8.03. The van der Waals surface area contributed by atoms with Gasteiger partial charge < -0.3 is 24.4 Å². The number of fused-ring (bicyclic) bond motifs is 1. The molecular formula is C22H35N5O3. The average molecular weight is 418 g/mol. The van der Waals surface area contributed by atoms with Gasteiger partial charge in [0.2, 0.25) is 5.91 Å². The molecule has 4 heterocycles. The second-order valence-electron chi connectivity index (χ2n) is 9.04. The van der Waals surface area contributed by atoms with Gasteiger partial charge in [0, 0.05) is 64.2 Å². The van der Waals surface area contributed by atoms with Crippen LogP contribution in [-0.4, -0.2) is 76.2 Å². The topological polar surface area (TPSA) is 79.7 Å². The van der Waals surface area contributed by atoms with Crippen LogP contribution in [0.3, 0.4) is 0 Å². The Hall–Kier alpha value is -2.09. The van der Waals surface area contributed by atoms with Gasteiger partial charge in [0.1, 0.15) is 5.82 Å². The number of hydrogen-bond acceptors (Lipinski definition) is 4. The summed E-state index contributed by atoms with van der Waals surface area (Å²) in [5, 5.41) is 3.03. The third-order valence-electron chi connectivity index (χ3n) is 6.48. The Kier molecular flexibility index (Phi) is 6.61. The Labute approximate surface area is 178 Å². The zero-order chi connectivity index (χ0) is 21.1. The van der Waals surface area contributed by atoms with Crippen molar-refractivity contribution in [1.82, 2.24) is 24.7 Å². The van der Waals surface area contributed by atoms with Gasteiger partial charge in [0.15, 0.2) is 0 Å². The van der Waals surface area contributed by atoms with Crippen LogP contribution in [0.5, 0.6) is 0 Å². The second kappa shape index (κ2) is 9.37. The number of likely N-dealkylation sites (tertiary alicyclic amines) is 1. The predicted octanol–water partition coefficient (Wildman–Crippen LogP) is 1.82. The summed E-state index contributed by atoms with van der Waals surface area (Å²) >= 11 is 0. The Morgan fingerprint density at radius 2 is 1.83 bits per heavy atom. The summed E-state index contributed by atoms with van der Waals surface area (Å²) < 4.78 is 7.98. The van der Waals surface area contributed by atoms with E-state index in [2.05, 4.69) is 16.1 Å². The highest BCUT2D eigenvalue weighted by molar-refractivity contribution is 5.80. The minimum atomic E-state index is -0.0292. The van der Waals surface area contributed by atoms with Crippen molar-refractivity contribution in [2.24, 2.45) is 5.92 Å². The number of hydrogen-bond donors (Lipinski definition) is 1. The second-order valence-corrected chi connectivity index (χ2v) is 9.04. The highest BCUT2D eigenvalue weighted by atomic mass is 16.5. The SMILES string of the molecule is CC1CN(C(=O)C2CCN(C(=O)NCCc3cn4c(n3)CCCC4)CC2)CC(C)O1. The number of ether oxygens (including phenoxy) is 1. The van der Waals surface area contributed by atoms with Gasteiger partial charge in [0.25, 0.3) is 0 Å². The van der Waals surface area contributed by atoms with Gasteiger partial charge in [0.05, 0.1) is 17.9 Å². The molecule has 30 heavy (non-hydrogen) atoms. The number of nitrogens with zero attached hydrogens (tertiary/aromatic N) is 4. The lowest BCUT2D eigenvalue weighted by Gasteiger charge is -2.39. The van der Waals surface area contributed by atoms with Crippen molar-refractivity contribution in [3.05, 3.63) is 17.7 Å². The van der Waals surface area contributed by atoms with Crippen molar-refractivity contribution in [2.45, 2.75) is 71.1 Å². The summed E-state index contributed by atoms with van der Waals surface area (Å²) in [5.74, 6) is 1.42. The number of piperidine rings is 1. The molecule has 0 aliphatic carbocycles. The molecule has 3 aliphatic rings. The number of aromatic nitrogens is 2. The molecule has 1 aromatic heterocycles. The predicted molar refractivity (Wildman–Crippen MR) is 113 cm³/mol. The van der Waals surface area contributed by atoms with Crippen molar-refractivity contribution in [2.75, 3.05) is 32.7 Å². The maximum atomic E-state index is 12.9. The number of urea groups is 1. The van der Waals surface area contributed by atoms with Crippen LogP contribution in [-0.2, 0) is 28.9 Å². The lowest BCUT2D eigenvalue weighted by atomic mass is 9.95. The molecule has 0 bridgehead atoms. The van der Waals surface area contributed by atoms with Gasteiger partial charge in [-0.25, -0.2) is 9.78 Å². The largest absolute Gasteiger partial charge is 0.372 e. The van der Waals surface area contributed by atoms with E-state index in [0.717, 1.165) is 37.9 Å². The molecule has 2 unspecified atom stereocenters. The van der Waals surface area contributed by atoms with Crippen LogP contribution < -0.4 is 5.32 Å². The number of carbonyl (C=O) groups is 2. The van der Waals surface area contributed by atoms with Crippen molar-refractivity contribution in [3.8, 4) is 0 Å². The van der Waals surface area contributed by atoms with Gasteiger partial charge in [-0.2, -0.15) is 0 Å². The van der Waals surface area contributed by atoms with Crippen LogP contribution in [0.25, 0.3) is 0 Å². The third kappa shape index (κ3) is 4.96. The number of amides is 3. The third-order valence-corrected chi connectivity index (χ3v) is 6.48. The first-order valence-corrected chi connectivity index (χ1v) is 11.5. The molecule has 8 heteroatoms. The molecule has 1 N–H and O–H groups in total. The Morgan fingerprint density at radius 1 is 1.10 bits per heavy atom. The molecule has 3 amide bonds. The number of rotatable bonds is 4. The Balaban J connectivity index is 1.19. The van der Waals surface area contributed by atoms with Gasteiger partial charge in [-0.1, -0.05) is 0 Å². The molecular weight excluding hydrogens is 382 g/mol. The number of aryl methyl sites for hydroxylation is 2. The van der Waals surface area contributed by atoms with Gasteiger partial charge in [-0.3, -0.25) is 4.79 Å². The monoisotopic (exact) mass is 417 g/mol. The summed E-state index contributed by atoms with van der Waals surface area (Å²) in [7, 11) is 0. The number of carbonyl (C=O) groups excluding carboxylic acids is 2. The van der Waals surface area contributed by atoms with E-state index in [4.69, 9.17) is 9.72 Å². The van der Waals surface area contributed by atoms with E-state index >= 15 is 0 Å². The van der Waals surface area contributed by atoms with E-state index < -0.39 is 0 Å². The van der Waals surface area contributed by atoms with Crippen LogP contribution in [0.1, 0.15) is 51.0 Å². The molecule has 4 rings (SSSR count). The van der Waals surface area contributed by atoms with Crippen LogP contribution >= 0.6 is 0 Å². The van der Waals surface area contributed by atoms with Crippen LogP contribution in [0, 0.1) is 5.92 Å². The van der Waals surface area contributed by atoms with E-state index in [1.807, 2.05) is 23.6 Å².